The largest absolute Gasteiger partial charge is 0.457 e. The molecule has 2 atom stereocenters. The molecule has 2 unspecified atom stereocenters. The lowest BCUT2D eigenvalue weighted by atomic mass is 9.85. The average Bonchev–Trinajstić information content (AvgIpc) is 2.85. The Morgan fingerprint density at radius 2 is 1.63 bits per heavy atom. The van der Waals surface area contributed by atoms with E-state index in [2.05, 4.69) is 10.1 Å². The van der Waals surface area contributed by atoms with Gasteiger partial charge in [-0.25, -0.2) is 4.39 Å². The molecule has 2 aromatic rings. The molecule has 0 heterocycles. The van der Waals surface area contributed by atoms with Gasteiger partial charge >= 0.3 is 30.6 Å². The molecule has 0 aliphatic heterocycles. The number of allylic oxidation sites excluding steroid dienone is 3. The van der Waals surface area contributed by atoms with Crippen molar-refractivity contribution in [3.63, 3.8) is 0 Å². The lowest BCUT2D eigenvalue weighted by Crippen LogP contribution is -2.59. The average molecular weight is 601 g/mol. The summed E-state index contributed by atoms with van der Waals surface area (Å²) in [5.74, 6) is -9.43. The van der Waals surface area contributed by atoms with Gasteiger partial charge in [-0.2, -0.15) is 43.9 Å². The van der Waals surface area contributed by atoms with Crippen LogP contribution in [-0.4, -0.2) is 30.8 Å². The standard InChI is InChI=1S/C27H22F11NO2/c1-3-15-12-18(24(30,26(33,34)35)25(31,32)27(36,37)38)13-20(41-23(28)29)21(15)39-22(40)17-9-10-19-14(2)7-5-4-6-8-16(19)11-17/h4-6,8-14,23H,3,7H2,1-2H3,(H,39,40). The van der Waals surface area contributed by atoms with E-state index in [0.29, 0.717) is 12.0 Å². The van der Waals surface area contributed by atoms with Gasteiger partial charge < -0.3 is 10.1 Å². The molecule has 0 saturated heterocycles. The smallest absolute Gasteiger partial charge is 0.433 e. The highest BCUT2D eigenvalue weighted by molar-refractivity contribution is 6.06. The summed E-state index contributed by atoms with van der Waals surface area (Å²) < 4.78 is 153. The Labute approximate surface area is 226 Å². The SMILES string of the molecule is CCc1cc(C(F)(C(F)(F)F)C(F)(F)C(F)(F)F)cc(OC(F)F)c1NC(=O)c1ccc2c(c1)C=CC=CCC2C. The molecule has 1 aliphatic rings. The molecule has 0 aromatic heterocycles. The summed E-state index contributed by atoms with van der Waals surface area (Å²) in [4.78, 5) is 13.1. The zero-order chi connectivity index (χ0) is 31.0. The maximum absolute atomic E-state index is 15.1. The lowest BCUT2D eigenvalue weighted by molar-refractivity contribution is -0.389. The van der Waals surface area contributed by atoms with Crippen LogP contribution in [0.1, 0.15) is 58.8 Å². The van der Waals surface area contributed by atoms with Gasteiger partial charge in [0.05, 0.1) is 5.69 Å². The number of hydrogen-bond acceptors (Lipinski definition) is 2. The quantitative estimate of drug-likeness (QED) is 0.322. The van der Waals surface area contributed by atoms with Gasteiger partial charge in [0.15, 0.2) is 0 Å². The highest BCUT2D eigenvalue weighted by Gasteiger charge is 2.81. The molecule has 3 nitrogen and oxygen atoms in total. The van der Waals surface area contributed by atoms with E-state index in [1.165, 1.54) is 12.1 Å². The van der Waals surface area contributed by atoms with E-state index in [1.54, 1.807) is 24.3 Å². The summed E-state index contributed by atoms with van der Waals surface area (Å²) in [6.45, 7) is -0.759. The minimum absolute atomic E-state index is 0.00163. The van der Waals surface area contributed by atoms with Crippen LogP contribution in [0, 0.1) is 0 Å². The van der Waals surface area contributed by atoms with E-state index in [0.717, 1.165) is 12.5 Å². The first-order valence-electron chi connectivity index (χ1n) is 12.0. The summed E-state index contributed by atoms with van der Waals surface area (Å²) in [5.41, 5.74) is -8.76. The Bertz CT molecular complexity index is 1350. The van der Waals surface area contributed by atoms with Crippen LogP contribution >= 0.6 is 0 Å². The fraction of sp³-hybridized carbons (Fsp3) is 0.370. The van der Waals surface area contributed by atoms with Crippen molar-refractivity contribution >= 4 is 17.7 Å². The van der Waals surface area contributed by atoms with E-state index >= 15 is 4.39 Å². The van der Waals surface area contributed by atoms with Crippen LogP contribution in [0.3, 0.4) is 0 Å². The van der Waals surface area contributed by atoms with Gasteiger partial charge in [-0.15, -0.1) is 0 Å². The Kier molecular flexibility index (Phi) is 8.85. The summed E-state index contributed by atoms with van der Waals surface area (Å²) in [7, 11) is 0. The second-order valence-corrected chi connectivity index (χ2v) is 9.19. The molecular weight excluding hydrogens is 579 g/mol. The second-order valence-electron chi connectivity index (χ2n) is 9.19. The summed E-state index contributed by atoms with van der Waals surface area (Å²) in [5, 5.41) is 2.14. The Balaban J connectivity index is 2.17. The van der Waals surface area contributed by atoms with E-state index in [1.807, 2.05) is 13.0 Å². The number of nitrogens with one attached hydrogen (secondary N) is 1. The van der Waals surface area contributed by atoms with E-state index in [9.17, 15) is 48.7 Å². The van der Waals surface area contributed by atoms with Gasteiger partial charge in [-0.05, 0) is 59.7 Å². The van der Waals surface area contributed by atoms with Crippen LogP contribution in [0.15, 0.2) is 48.6 Å². The fourth-order valence-electron chi connectivity index (χ4n) is 4.34. The molecule has 14 heteroatoms. The number of rotatable bonds is 7. The zero-order valence-corrected chi connectivity index (χ0v) is 21.2. The predicted octanol–water partition coefficient (Wildman–Crippen LogP) is 9.10. The monoisotopic (exact) mass is 601 g/mol. The topological polar surface area (TPSA) is 38.3 Å². The zero-order valence-electron chi connectivity index (χ0n) is 21.2. The van der Waals surface area contributed by atoms with E-state index < -0.39 is 65.4 Å². The predicted molar refractivity (Wildman–Crippen MR) is 128 cm³/mol. The van der Waals surface area contributed by atoms with Crippen LogP contribution in [0.25, 0.3) is 6.08 Å². The number of aryl methyl sites for hydroxylation is 1. The van der Waals surface area contributed by atoms with Crippen molar-refractivity contribution in [2.24, 2.45) is 0 Å². The van der Waals surface area contributed by atoms with Crippen LogP contribution in [0.4, 0.5) is 54.0 Å². The van der Waals surface area contributed by atoms with Gasteiger partial charge in [0.2, 0.25) is 0 Å². The molecule has 1 N–H and O–H groups in total. The first-order valence-corrected chi connectivity index (χ1v) is 12.0. The summed E-state index contributed by atoms with van der Waals surface area (Å²) in [6.07, 6.45) is -6.61. The van der Waals surface area contributed by atoms with Crippen molar-refractivity contribution in [2.75, 3.05) is 5.32 Å². The van der Waals surface area contributed by atoms with Crippen LogP contribution in [-0.2, 0) is 12.1 Å². The number of halogens is 11. The third-order valence-corrected chi connectivity index (χ3v) is 6.49. The third-order valence-electron chi connectivity index (χ3n) is 6.49. The number of amides is 1. The number of benzene rings is 2. The van der Waals surface area contributed by atoms with Gasteiger partial charge in [0.25, 0.3) is 5.91 Å². The number of carbonyl (C=O) groups is 1. The van der Waals surface area contributed by atoms with Crippen molar-refractivity contribution in [3.8, 4) is 5.75 Å². The third kappa shape index (κ3) is 6.05. The Morgan fingerprint density at radius 1 is 0.976 bits per heavy atom. The molecule has 0 spiro atoms. The minimum Gasteiger partial charge on any atom is -0.433 e. The molecule has 0 radical (unpaired) electrons. The van der Waals surface area contributed by atoms with Gasteiger partial charge in [0.1, 0.15) is 5.75 Å². The van der Waals surface area contributed by atoms with Crippen LogP contribution in [0.2, 0.25) is 0 Å². The van der Waals surface area contributed by atoms with Crippen molar-refractivity contribution in [2.45, 2.75) is 63.2 Å². The highest BCUT2D eigenvalue weighted by Crippen LogP contribution is 2.59. The number of carbonyl (C=O) groups excluding carboxylic acids is 1. The molecule has 3 rings (SSSR count). The number of hydrogen-bond donors (Lipinski definition) is 1. The number of fused-ring (bicyclic) bond motifs is 1. The second kappa shape index (κ2) is 11.4. The molecule has 0 fully saturated rings. The molecule has 2 aromatic carbocycles. The highest BCUT2D eigenvalue weighted by atomic mass is 19.4. The van der Waals surface area contributed by atoms with Crippen molar-refractivity contribution in [1.82, 2.24) is 0 Å². The van der Waals surface area contributed by atoms with E-state index in [4.69, 9.17) is 0 Å². The maximum atomic E-state index is 15.1. The van der Waals surface area contributed by atoms with Crippen molar-refractivity contribution in [3.05, 3.63) is 76.4 Å². The first kappa shape index (κ1) is 31.9. The summed E-state index contributed by atoms with van der Waals surface area (Å²) in [6, 6.07) is 4.07. The molecule has 224 valence electrons. The van der Waals surface area contributed by atoms with E-state index in [-0.39, 0.29) is 23.6 Å². The Hall–Kier alpha value is -3.58. The van der Waals surface area contributed by atoms with Crippen LogP contribution < -0.4 is 10.1 Å². The molecule has 0 bridgehead atoms. The maximum Gasteiger partial charge on any atom is 0.457 e. The molecule has 1 amide bonds. The normalized spacial score (nSPS) is 17.5. The molecule has 0 saturated carbocycles. The Morgan fingerprint density at radius 3 is 2.20 bits per heavy atom. The number of ether oxygens (including phenoxy) is 1. The van der Waals surface area contributed by atoms with Gasteiger partial charge in [-0.1, -0.05) is 44.2 Å². The first-order chi connectivity index (χ1) is 18.8. The fourth-order valence-corrected chi connectivity index (χ4v) is 4.34. The minimum atomic E-state index is -7.03. The number of alkyl halides is 11. The molecule has 1 aliphatic carbocycles. The summed E-state index contributed by atoms with van der Waals surface area (Å²) >= 11 is 0. The van der Waals surface area contributed by atoms with Gasteiger partial charge in [0, 0.05) is 11.1 Å². The molecular formula is C27H22F11NO2. The van der Waals surface area contributed by atoms with Gasteiger partial charge in [-0.3, -0.25) is 4.79 Å². The van der Waals surface area contributed by atoms with Crippen molar-refractivity contribution < 1.29 is 57.8 Å². The van der Waals surface area contributed by atoms with Crippen molar-refractivity contribution in [1.29, 1.82) is 0 Å². The number of anilines is 1. The molecule has 41 heavy (non-hydrogen) atoms. The lowest BCUT2D eigenvalue weighted by Gasteiger charge is -2.36. The van der Waals surface area contributed by atoms with Crippen LogP contribution in [0.5, 0.6) is 5.75 Å².